The van der Waals surface area contributed by atoms with Crippen molar-refractivity contribution in [1.29, 1.82) is 0 Å². The summed E-state index contributed by atoms with van der Waals surface area (Å²) < 4.78 is 0. The van der Waals surface area contributed by atoms with Crippen LogP contribution in [0.15, 0.2) is 24.5 Å². The lowest BCUT2D eigenvalue weighted by molar-refractivity contribution is -0.132. The van der Waals surface area contributed by atoms with Crippen molar-refractivity contribution in [1.82, 2.24) is 15.2 Å². The Balaban J connectivity index is 2.00. The van der Waals surface area contributed by atoms with Crippen LogP contribution in [0.25, 0.3) is 0 Å². The van der Waals surface area contributed by atoms with Crippen LogP contribution in [0.2, 0.25) is 0 Å². The number of pyridine rings is 1. The normalized spacial score (nSPS) is 19.6. The molecule has 2 unspecified atom stereocenters. The number of carbonyl (C=O) groups excluding carboxylic acids is 2. The molecule has 0 bridgehead atoms. The highest BCUT2D eigenvalue weighted by Crippen LogP contribution is 2.31. The standard InChI is InChI=1S/C14H20N4O2/c1-10(17-14(15)20)8-13(19)18-7-3-5-12(18)11-4-2-6-16-9-11/h2,4,6,9-10,12H,3,5,7-8H2,1H3,(H3,15,17,20). The fourth-order valence-electron chi connectivity index (χ4n) is 2.66. The fourth-order valence-corrected chi connectivity index (χ4v) is 2.66. The summed E-state index contributed by atoms with van der Waals surface area (Å²) in [6.45, 7) is 2.53. The molecule has 6 heteroatoms. The van der Waals surface area contributed by atoms with E-state index in [9.17, 15) is 9.59 Å². The van der Waals surface area contributed by atoms with Gasteiger partial charge in [0.1, 0.15) is 0 Å². The quantitative estimate of drug-likeness (QED) is 0.865. The van der Waals surface area contributed by atoms with Gasteiger partial charge in [0.05, 0.1) is 6.04 Å². The minimum Gasteiger partial charge on any atom is -0.352 e. The van der Waals surface area contributed by atoms with Gasteiger partial charge in [-0.25, -0.2) is 4.79 Å². The summed E-state index contributed by atoms with van der Waals surface area (Å²) in [5, 5.41) is 2.53. The molecule has 1 aliphatic rings. The van der Waals surface area contributed by atoms with E-state index in [-0.39, 0.29) is 24.4 Å². The lowest BCUT2D eigenvalue weighted by Gasteiger charge is -2.26. The zero-order valence-corrected chi connectivity index (χ0v) is 11.6. The summed E-state index contributed by atoms with van der Waals surface area (Å²) in [5.41, 5.74) is 6.12. The van der Waals surface area contributed by atoms with E-state index in [1.165, 1.54) is 0 Å². The van der Waals surface area contributed by atoms with Gasteiger partial charge in [-0.1, -0.05) is 6.07 Å². The smallest absolute Gasteiger partial charge is 0.312 e. The topological polar surface area (TPSA) is 88.3 Å². The molecule has 2 atom stereocenters. The Bertz CT molecular complexity index is 477. The highest BCUT2D eigenvalue weighted by molar-refractivity contribution is 5.79. The largest absolute Gasteiger partial charge is 0.352 e. The Kier molecular flexibility index (Phi) is 4.55. The lowest BCUT2D eigenvalue weighted by atomic mass is 10.1. The van der Waals surface area contributed by atoms with Gasteiger partial charge in [0.2, 0.25) is 5.91 Å². The molecule has 0 spiro atoms. The van der Waals surface area contributed by atoms with Gasteiger partial charge in [-0.15, -0.1) is 0 Å². The zero-order valence-electron chi connectivity index (χ0n) is 11.6. The molecule has 6 nitrogen and oxygen atoms in total. The Morgan fingerprint density at radius 3 is 3.05 bits per heavy atom. The highest BCUT2D eigenvalue weighted by Gasteiger charge is 2.30. The van der Waals surface area contributed by atoms with Gasteiger partial charge in [-0.2, -0.15) is 0 Å². The first-order valence-corrected chi connectivity index (χ1v) is 6.83. The number of carbonyl (C=O) groups is 2. The van der Waals surface area contributed by atoms with Crippen LogP contribution < -0.4 is 11.1 Å². The SMILES string of the molecule is CC(CC(=O)N1CCCC1c1cccnc1)NC(N)=O. The molecule has 3 amide bonds. The van der Waals surface area contributed by atoms with Crippen LogP contribution in [-0.2, 0) is 4.79 Å². The Labute approximate surface area is 118 Å². The highest BCUT2D eigenvalue weighted by atomic mass is 16.2. The summed E-state index contributed by atoms with van der Waals surface area (Å²) in [5.74, 6) is 0.0394. The summed E-state index contributed by atoms with van der Waals surface area (Å²) in [6.07, 6.45) is 5.74. The van der Waals surface area contributed by atoms with E-state index in [1.807, 2.05) is 17.0 Å². The summed E-state index contributed by atoms with van der Waals surface area (Å²) in [4.78, 5) is 29.1. The number of aromatic nitrogens is 1. The molecule has 1 aromatic heterocycles. The van der Waals surface area contributed by atoms with Gasteiger partial charge in [0.25, 0.3) is 0 Å². The molecule has 1 aromatic rings. The number of hydrogen-bond donors (Lipinski definition) is 2. The maximum Gasteiger partial charge on any atom is 0.312 e. The Morgan fingerprint density at radius 2 is 2.40 bits per heavy atom. The van der Waals surface area contributed by atoms with Crippen molar-refractivity contribution in [2.45, 2.75) is 38.3 Å². The molecular weight excluding hydrogens is 256 g/mol. The van der Waals surface area contributed by atoms with Crippen molar-refractivity contribution in [3.8, 4) is 0 Å². The molecule has 108 valence electrons. The molecule has 1 fully saturated rings. The first kappa shape index (κ1) is 14.3. The van der Waals surface area contributed by atoms with E-state index in [1.54, 1.807) is 19.3 Å². The minimum absolute atomic E-state index is 0.0394. The summed E-state index contributed by atoms with van der Waals surface area (Å²) >= 11 is 0. The van der Waals surface area contributed by atoms with Gasteiger partial charge in [0, 0.05) is 31.4 Å². The number of likely N-dealkylation sites (tertiary alicyclic amines) is 1. The van der Waals surface area contributed by atoms with E-state index in [0.29, 0.717) is 0 Å². The second-order valence-corrected chi connectivity index (χ2v) is 5.15. The molecule has 2 rings (SSSR count). The molecule has 1 aliphatic heterocycles. The predicted molar refractivity (Wildman–Crippen MR) is 74.7 cm³/mol. The van der Waals surface area contributed by atoms with Crippen LogP contribution in [0.1, 0.15) is 37.8 Å². The molecule has 0 aromatic carbocycles. The first-order valence-electron chi connectivity index (χ1n) is 6.83. The van der Waals surface area contributed by atoms with Crippen molar-refractivity contribution in [3.05, 3.63) is 30.1 Å². The molecule has 0 aliphatic carbocycles. The number of nitrogens with one attached hydrogen (secondary N) is 1. The van der Waals surface area contributed by atoms with Crippen LogP contribution >= 0.6 is 0 Å². The van der Waals surface area contributed by atoms with E-state index in [4.69, 9.17) is 5.73 Å². The van der Waals surface area contributed by atoms with Crippen molar-refractivity contribution in [2.24, 2.45) is 5.73 Å². The molecule has 0 saturated carbocycles. The lowest BCUT2D eigenvalue weighted by Crippen LogP contribution is -2.41. The molecule has 3 N–H and O–H groups in total. The third kappa shape index (κ3) is 3.46. The third-order valence-corrected chi connectivity index (χ3v) is 3.51. The monoisotopic (exact) mass is 276 g/mol. The number of hydrogen-bond acceptors (Lipinski definition) is 3. The third-order valence-electron chi connectivity index (χ3n) is 3.51. The predicted octanol–water partition coefficient (Wildman–Crippen LogP) is 1.19. The second-order valence-electron chi connectivity index (χ2n) is 5.15. The van der Waals surface area contributed by atoms with Crippen LogP contribution in [0.3, 0.4) is 0 Å². The van der Waals surface area contributed by atoms with Crippen LogP contribution in [0.5, 0.6) is 0 Å². The average molecular weight is 276 g/mol. The number of urea groups is 1. The molecule has 1 saturated heterocycles. The van der Waals surface area contributed by atoms with E-state index in [0.717, 1.165) is 24.9 Å². The number of nitrogens with two attached hydrogens (primary N) is 1. The molecule has 2 heterocycles. The number of rotatable bonds is 4. The van der Waals surface area contributed by atoms with Crippen LogP contribution in [0.4, 0.5) is 4.79 Å². The minimum atomic E-state index is -0.601. The Morgan fingerprint density at radius 1 is 1.60 bits per heavy atom. The summed E-state index contributed by atoms with van der Waals surface area (Å²) in [6, 6.07) is 3.12. The van der Waals surface area contributed by atoms with Crippen molar-refractivity contribution < 1.29 is 9.59 Å². The maximum atomic E-state index is 12.3. The Hall–Kier alpha value is -2.11. The van der Waals surface area contributed by atoms with Crippen LogP contribution in [0, 0.1) is 0 Å². The number of nitrogens with zero attached hydrogens (tertiary/aromatic N) is 2. The van der Waals surface area contributed by atoms with Gasteiger partial charge < -0.3 is 16.0 Å². The number of amides is 3. The van der Waals surface area contributed by atoms with Crippen LogP contribution in [-0.4, -0.2) is 34.4 Å². The average Bonchev–Trinajstić information content (AvgIpc) is 2.87. The van der Waals surface area contributed by atoms with Gasteiger partial charge in [-0.3, -0.25) is 9.78 Å². The first-order chi connectivity index (χ1) is 9.58. The van der Waals surface area contributed by atoms with Crippen molar-refractivity contribution >= 4 is 11.9 Å². The zero-order chi connectivity index (χ0) is 14.5. The maximum absolute atomic E-state index is 12.3. The van der Waals surface area contributed by atoms with Crippen molar-refractivity contribution in [2.75, 3.05) is 6.54 Å². The van der Waals surface area contributed by atoms with E-state index >= 15 is 0 Å². The number of primary amides is 1. The van der Waals surface area contributed by atoms with Gasteiger partial charge in [0.15, 0.2) is 0 Å². The van der Waals surface area contributed by atoms with Crippen molar-refractivity contribution in [3.63, 3.8) is 0 Å². The van der Waals surface area contributed by atoms with E-state index in [2.05, 4.69) is 10.3 Å². The fraction of sp³-hybridized carbons (Fsp3) is 0.500. The second kappa shape index (κ2) is 6.36. The van der Waals surface area contributed by atoms with Gasteiger partial charge >= 0.3 is 6.03 Å². The molecular formula is C14H20N4O2. The summed E-state index contributed by atoms with van der Waals surface area (Å²) in [7, 11) is 0. The van der Waals surface area contributed by atoms with E-state index < -0.39 is 6.03 Å². The van der Waals surface area contributed by atoms with Gasteiger partial charge in [-0.05, 0) is 31.4 Å². The molecule has 20 heavy (non-hydrogen) atoms. The molecule has 0 radical (unpaired) electrons.